The Morgan fingerprint density at radius 2 is 2.43 bits per heavy atom. The summed E-state index contributed by atoms with van der Waals surface area (Å²) in [6.45, 7) is 2.61. The minimum Gasteiger partial charge on any atom is -0.351 e. The molecule has 1 rings (SSSR count). The van der Waals surface area contributed by atoms with Gasteiger partial charge in [0.1, 0.15) is 0 Å². The van der Waals surface area contributed by atoms with E-state index in [4.69, 9.17) is 0 Å². The van der Waals surface area contributed by atoms with Crippen LogP contribution in [0.2, 0.25) is 0 Å². The Morgan fingerprint density at radius 1 is 1.71 bits per heavy atom. The molecule has 5 heteroatoms. The van der Waals surface area contributed by atoms with Gasteiger partial charge in [-0.1, -0.05) is 22.9 Å². The lowest BCUT2D eigenvalue weighted by Crippen LogP contribution is -2.23. The van der Waals surface area contributed by atoms with E-state index >= 15 is 0 Å². The van der Waals surface area contributed by atoms with Crippen molar-refractivity contribution < 1.29 is 4.79 Å². The summed E-state index contributed by atoms with van der Waals surface area (Å²) in [5, 5.41) is 7.43. The number of amides is 1. The van der Waals surface area contributed by atoms with Crippen molar-refractivity contribution in [1.29, 1.82) is 0 Å². The van der Waals surface area contributed by atoms with Crippen molar-refractivity contribution in [3.8, 4) is 0 Å². The highest BCUT2D eigenvalue weighted by Crippen LogP contribution is 2.06. The molecule has 0 aliphatic heterocycles. The van der Waals surface area contributed by atoms with Gasteiger partial charge in [-0.15, -0.1) is 0 Å². The third-order valence-electron chi connectivity index (χ3n) is 1.92. The van der Waals surface area contributed by atoms with Crippen LogP contribution >= 0.6 is 15.9 Å². The van der Waals surface area contributed by atoms with Gasteiger partial charge in [-0.3, -0.25) is 9.48 Å². The van der Waals surface area contributed by atoms with E-state index in [1.807, 2.05) is 13.2 Å². The molecule has 1 N–H and O–H groups in total. The van der Waals surface area contributed by atoms with Gasteiger partial charge in [-0.25, -0.2) is 0 Å². The molecule has 1 heterocycles. The van der Waals surface area contributed by atoms with Gasteiger partial charge in [-0.2, -0.15) is 5.10 Å². The van der Waals surface area contributed by atoms with E-state index in [9.17, 15) is 4.79 Å². The van der Waals surface area contributed by atoms with E-state index in [-0.39, 0.29) is 5.91 Å². The van der Waals surface area contributed by atoms with Crippen molar-refractivity contribution in [2.45, 2.75) is 19.9 Å². The zero-order chi connectivity index (χ0) is 10.6. The van der Waals surface area contributed by atoms with Gasteiger partial charge in [0.2, 0.25) is 5.91 Å². The maximum Gasteiger partial charge on any atom is 0.230 e. The van der Waals surface area contributed by atoms with Crippen LogP contribution in [0.1, 0.15) is 18.2 Å². The van der Waals surface area contributed by atoms with Crippen LogP contribution in [0.4, 0.5) is 0 Å². The highest BCUT2D eigenvalue weighted by atomic mass is 79.9. The first-order valence-electron chi connectivity index (χ1n) is 4.51. The third kappa shape index (κ3) is 2.83. The number of rotatable bonds is 4. The van der Waals surface area contributed by atoms with Crippen LogP contribution in [0.5, 0.6) is 0 Å². The van der Waals surface area contributed by atoms with Crippen LogP contribution in [0.25, 0.3) is 0 Å². The maximum absolute atomic E-state index is 11.0. The lowest BCUT2D eigenvalue weighted by Gasteiger charge is -2.01. The Bertz CT molecular complexity index is 322. The van der Waals surface area contributed by atoms with Crippen molar-refractivity contribution >= 4 is 21.8 Å². The van der Waals surface area contributed by atoms with Crippen molar-refractivity contribution in [2.24, 2.45) is 7.05 Å². The van der Waals surface area contributed by atoms with Gasteiger partial charge in [0.25, 0.3) is 0 Å². The smallest absolute Gasteiger partial charge is 0.230 e. The van der Waals surface area contributed by atoms with Crippen LogP contribution in [-0.2, 0) is 24.8 Å². The summed E-state index contributed by atoms with van der Waals surface area (Å²) >= 11 is 3.10. The first-order chi connectivity index (χ1) is 6.67. The second-order valence-corrected chi connectivity index (χ2v) is 3.60. The van der Waals surface area contributed by atoms with E-state index in [2.05, 4.69) is 33.3 Å². The molecule has 0 saturated heterocycles. The van der Waals surface area contributed by atoms with Gasteiger partial charge < -0.3 is 5.32 Å². The second kappa shape index (κ2) is 5.14. The highest BCUT2D eigenvalue weighted by molar-refractivity contribution is 9.09. The highest BCUT2D eigenvalue weighted by Gasteiger charge is 2.06. The average molecular weight is 260 g/mol. The average Bonchev–Trinajstić information content (AvgIpc) is 2.55. The van der Waals surface area contributed by atoms with Crippen LogP contribution in [0.15, 0.2) is 6.20 Å². The minimum atomic E-state index is -0.00379. The maximum atomic E-state index is 11.0. The predicted octanol–water partition coefficient (Wildman–Crippen LogP) is 0.994. The molecule has 0 atom stereocenters. The van der Waals surface area contributed by atoms with Gasteiger partial charge >= 0.3 is 0 Å². The molecule has 0 aromatic carbocycles. The lowest BCUT2D eigenvalue weighted by atomic mass is 10.2. The number of aromatic nitrogens is 2. The van der Waals surface area contributed by atoms with Crippen LogP contribution in [0, 0.1) is 0 Å². The number of alkyl halides is 1. The number of hydrogen-bond acceptors (Lipinski definition) is 2. The predicted molar refractivity (Wildman–Crippen MR) is 58.2 cm³/mol. The molecular weight excluding hydrogens is 246 g/mol. The molecule has 0 fully saturated rings. The van der Waals surface area contributed by atoms with Crippen molar-refractivity contribution in [1.82, 2.24) is 15.1 Å². The number of carbonyl (C=O) groups excluding carboxylic acids is 1. The summed E-state index contributed by atoms with van der Waals surface area (Å²) in [5.74, 6) is -0.00379. The minimum absolute atomic E-state index is 0.00379. The molecule has 14 heavy (non-hydrogen) atoms. The Morgan fingerprint density at radius 3 is 3.00 bits per heavy atom. The molecule has 1 amide bonds. The third-order valence-corrected chi connectivity index (χ3v) is 2.43. The largest absolute Gasteiger partial charge is 0.351 e. The molecule has 78 valence electrons. The van der Waals surface area contributed by atoms with Gasteiger partial charge in [0, 0.05) is 25.4 Å². The molecule has 1 aromatic heterocycles. The van der Waals surface area contributed by atoms with E-state index in [0.29, 0.717) is 11.9 Å². The zero-order valence-corrected chi connectivity index (χ0v) is 9.97. The molecular formula is C9H14BrN3O. The van der Waals surface area contributed by atoms with Crippen molar-refractivity contribution in [3.63, 3.8) is 0 Å². The summed E-state index contributed by atoms with van der Waals surface area (Å²) < 4.78 is 1.77. The SMILES string of the molecule is CCc1nn(C)cc1CNC(=O)CBr. The normalized spacial score (nSPS) is 10.2. The van der Waals surface area contributed by atoms with Crippen LogP contribution < -0.4 is 5.32 Å². The van der Waals surface area contributed by atoms with E-state index in [1.165, 1.54) is 0 Å². The Kier molecular flexibility index (Phi) is 4.13. The number of halogens is 1. The number of hydrogen-bond donors (Lipinski definition) is 1. The fourth-order valence-corrected chi connectivity index (χ4v) is 1.47. The topological polar surface area (TPSA) is 46.9 Å². The van der Waals surface area contributed by atoms with Gasteiger partial charge in [0.15, 0.2) is 0 Å². The number of carbonyl (C=O) groups is 1. The van der Waals surface area contributed by atoms with E-state index in [0.717, 1.165) is 17.7 Å². The summed E-state index contributed by atoms with van der Waals surface area (Å²) in [6, 6.07) is 0. The summed E-state index contributed by atoms with van der Waals surface area (Å²) in [4.78, 5) is 11.0. The molecule has 0 radical (unpaired) electrons. The quantitative estimate of drug-likeness (QED) is 0.821. The molecule has 0 spiro atoms. The summed E-state index contributed by atoms with van der Waals surface area (Å²) in [7, 11) is 1.88. The summed E-state index contributed by atoms with van der Waals surface area (Å²) in [5.41, 5.74) is 2.13. The lowest BCUT2D eigenvalue weighted by molar-refractivity contribution is -0.118. The first kappa shape index (κ1) is 11.2. The molecule has 0 aliphatic rings. The number of aryl methyl sites for hydroxylation is 2. The molecule has 0 saturated carbocycles. The van der Waals surface area contributed by atoms with Crippen LogP contribution in [-0.4, -0.2) is 21.0 Å². The molecule has 0 unspecified atom stereocenters. The van der Waals surface area contributed by atoms with Crippen molar-refractivity contribution in [2.75, 3.05) is 5.33 Å². The van der Waals surface area contributed by atoms with E-state index < -0.39 is 0 Å². The molecule has 0 aliphatic carbocycles. The Balaban J connectivity index is 2.61. The number of nitrogens with one attached hydrogen (secondary N) is 1. The van der Waals surface area contributed by atoms with E-state index in [1.54, 1.807) is 4.68 Å². The standard InChI is InChI=1S/C9H14BrN3O/c1-3-8-7(6-13(2)12-8)5-11-9(14)4-10/h6H,3-5H2,1-2H3,(H,11,14). The fraction of sp³-hybridized carbons (Fsp3) is 0.556. The number of nitrogens with zero attached hydrogens (tertiary/aromatic N) is 2. The monoisotopic (exact) mass is 259 g/mol. The van der Waals surface area contributed by atoms with Crippen LogP contribution in [0.3, 0.4) is 0 Å². The second-order valence-electron chi connectivity index (χ2n) is 3.04. The summed E-state index contributed by atoms with van der Waals surface area (Å²) in [6.07, 6.45) is 2.83. The molecule has 1 aromatic rings. The Hall–Kier alpha value is -0.840. The first-order valence-corrected chi connectivity index (χ1v) is 5.63. The molecule has 4 nitrogen and oxygen atoms in total. The van der Waals surface area contributed by atoms with Gasteiger partial charge in [0.05, 0.1) is 11.0 Å². The Labute approximate surface area is 91.8 Å². The zero-order valence-electron chi connectivity index (χ0n) is 8.38. The van der Waals surface area contributed by atoms with Gasteiger partial charge in [-0.05, 0) is 6.42 Å². The molecule has 0 bridgehead atoms. The fourth-order valence-electron chi connectivity index (χ4n) is 1.27. The van der Waals surface area contributed by atoms with Crippen molar-refractivity contribution in [3.05, 3.63) is 17.5 Å².